The van der Waals surface area contributed by atoms with Gasteiger partial charge < -0.3 is 0 Å². The second kappa shape index (κ2) is 12.8. The van der Waals surface area contributed by atoms with Crippen molar-refractivity contribution in [1.29, 1.82) is 0 Å². The normalized spacial score (nSPS) is 13.5. The molecule has 5 heteroatoms. The van der Waals surface area contributed by atoms with Crippen LogP contribution in [0.4, 0.5) is 0 Å². The number of ether oxygens (including phenoxy) is 2. The third-order valence-electron chi connectivity index (χ3n) is 3.42. The summed E-state index contributed by atoms with van der Waals surface area (Å²) >= 11 is 13.1. The fraction of sp³-hybridized carbons (Fsp3) is 0.400. The molecule has 136 valence electrons. The van der Waals surface area contributed by atoms with E-state index in [1.54, 1.807) is 0 Å². The molecule has 2 nitrogen and oxygen atoms in total. The van der Waals surface area contributed by atoms with E-state index in [1.165, 1.54) is 11.1 Å². The standard InChI is InChI=1S/C20H24Cl2O2Se/c21-19(13-23-11-17-7-3-1-4-8-17)15-25-16-20(22)14-24-12-18-9-5-2-6-10-18/h1-10,19-20H,11-16H2. The maximum absolute atomic E-state index is 6.33. The summed E-state index contributed by atoms with van der Waals surface area (Å²) in [5, 5.41) is 2.03. The predicted molar refractivity (Wildman–Crippen MR) is 107 cm³/mol. The van der Waals surface area contributed by atoms with Gasteiger partial charge in [-0.3, -0.25) is 0 Å². The molecular weight excluding hydrogens is 422 g/mol. The first-order chi connectivity index (χ1) is 12.2. The van der Waals surface area contributed by atoms with E-state index in [0.29, 0.717) is 41.4 Å². The molecule has 0 amide bonds. The van der Waals surface area contributed by atoms with Gasteiger partial charge in [0.1, 0.15) is 0 Å². The summed E-state index contributed by atoms with van der Waals surface area (Å²) in [6.45, 7) is 2.39. The van der Waals surface area contributed by atoms with Crippen molar-refractivity contribution in [2.45, 2.75) is 34.6 Å². The minimum absolute atomic E-state index is 0.0535. The molecule has 2 aromatic carbocycles. The molecule has 25 heavy (non-hydrogen) atoms. The van der Waals surface area contributed by atoms with Crippen LogP contribution in [0, 0.1) is 0 Å². The van der Waals surface area contributed by atoms with Crippen LogP contribution >= 0.6 is 23.2 Å². The Morgan fingerprint density at radius 1 is 0.680 bits per heavy atom. The van der Waals surface area contributed by atoms with Crippen molar-refractivity contribution < 1.29 is 9.47 Å². The summed E-state index contributed by atoms with van der Waals surface area (Å²) in [5.41, 5.74) is 2.35. The molecule has 0 aliphatic carbocycles. The van der Waals surface area contributed by atoms with E-state index in [1.807, 2.05) is 36.4 Å². The van der Waals surface area contributed by atoms with Crippen molar-refractivity contribution in [3.05, 3.63) is 71.8 Å². The molecule has 2 unspecified atom stereocenters. The van der Waals surface area contributed by atoms with Gasteiger partial charge in [-0.05, 0) is 0 Å². The van der Waals surface area contributed by atoms with Crippen LogP contribution in [0.15, 0.2) is 60.7 Å². The fourth-order valence-corrected chi connectivity index (χ4v) is 5.04. The summed E-state index contributed by atoms with van der Waals surface area (Å²) in [4.78, 5) is 0. The first-order valence-corrected chi connectivity index (χ1v) is 11.6. The zero-order chi connectivity index (χ0) is 17.7. The Bertz CT molecular complexity index is 517. The number of benzene rings is 2. The van der Waals surface area contributed by atoms with Crippen LogP contribution in [-0.2, 0) is 22.7 Å². The third-order valence-corrected chi connectivity index (χ3v) is 7.49. The molecule has 0 saturated heterocycles. The molecule has 0 aliphatic rings. The molecule has 0 N–H and O–H groups in total. The number of alkyl halides is 2. The van der Waals surface area contributed by atoms with Gasteiger partial charge in [-0.25, -0.2) is 0 Å². The third kappa shape index (κ3) is 9.65. The van der Waals surface area contributed by atoms with E-state index in [0.717, 1.165) is 10.6 Å². The zero-order valence-corrected chi connectivity index (χ0v) is 17.4. The summed E-state index contributed by atoms with van der Waals surface area (Å²) in [5.74, 6) is 0. The van der Waals surface area contributed by atoms with Crippen molar-refractivity contribution in [2.24, 2.45) is 0 Å². The van der Waals surface area contributed by atoms with Crippen molar-refractivity contribution in [3.63, 3.8) is 0 Å². The topological polar surface area (TPSA) is 18.5 Å². The summed E-state index contributed by atoms with van der Waals surface area (Å²) < 4.78 is 11.3. The van der Waals surface area contributed by atoms with E-state index < -0.39 is 0 Å². The molecule has 0 aliphatic heterocycles. The van der Waals surface area contributed by atoms with Crippen molar-refractivity contribution in [1.82, 2.24) is 0 Å². The van der Waals surface area contributed by atoms with E-state index in [-0.39, 0.29) is 10.8 Å². The Labute approximate surface area is 167 Å². The predicted octanol–water partition coefficient (Wildman–Crippen LogP) is 5.18. The molecule has 0 radical (unpaired) electrons. The minimum atomic E-state index is 0.0535. The van der Waals surface area contributed by atoms with Gasteiger partial charge in [0.15, 0.2) is 0 Å². The van der Waals surface area contributed by atoms with Crippen LogP contribution < -0.4 is 0 Å². The number of hydrogen-bond acceptors (Lipinski definition) is 2. The monoisotopic (exact) mass is 446 g/mol. The first-order valence-electron chi connectivity index (χ1n) is 8.33. The quantitative estimate of drug-likeness (QED) is 0.331. The van der Waals surface area contributed by atoms with Gasteiger partial charge in [-0.2, -0.15) is 0 Å². The molecule has 0 aromatic heterocycles. The van der Waals surface area contributed by atoms with Crippen LogP contribution in [0.3, 0.4) is 0 Å². The van der Waals surface area contributed by atoms with Crippen molar-refractivity contribution >= 4 is 38.2 Å². The molecule has 0 fully saturated rings. The molecule has 2 rings (SSSR count). The average Bonchev–Trinajstić information content (AvgIpc) is 2.63. The number of hydrogen-bond donors (Lipinski definition) is 0. The van der Waals surface area contributed by atoms with Crippen LogP contribution in [0.5, 0.6) is 0 Å². The fourth-order valence-electron chi connectivity index (χ4n) is 2.18. The summed E-state index contributed by atoms with van der Waals surface area (Å²) in [7, 11) is 0. The molecule has 0 spiro atoms. The Hall–Kier alpha value is -0.541. The van der Waals surface area contributed by atoms with E-state index in [4.69, 9.17) is 32.7 Å². The van der Waals surface area contributed by atoms with Gasteiger partial charge in [0.25, 0.3) is 0 Å². The second-order valence-corrected chi connectivity index (χ2v) is 9.22. The van der Waals surface area contributed by atoms with Crippen LogP contribution in [0.25, 0.3) is 0 Å². The Kier molecular flexibility index (Phi) is 10.6. The van der Waals surface area contributed by atoms with Crippen molar-refractivity contribution in [3.8, 4) is 0 Å². The zero-order valence-electron chi connectivity index (χ0n) is 14.2. The van der Waals surface area contributed by atoms with Gasteiger partial charge in [-0.1, -0.05) is 0 Å². The van der Waals surface area contributed by atoms with Gasteiger partial charge >= 0.3 is 167 Å². The van der Waals surface area contributed by atoms with Gasteiger partial charge in [0, 0.05) is 0 Å². The SMILES string of the molecule is ClC(COCc1ccccc1)C[Se]CC(Cl)COCc1ccccc1. The summed E-state index contributed by atoms with van der Waals surface area (Å²) in [6, 6.07) is 20.3. The molecule has 0 heterocycles. The molecule has 0 saturated carbocycles. The molecule has 2 aromatic rings. The van der Waals surface area contributed by atoms with Gasteiger partial charge in [0.2, 0.25) is 0 Å². The van der Waals surface area contributed by atoms with Gasteiger partial charge in [-0.15, -0.1) is 0 Å². The van der Waals surface area contributed by atoms with Crippen LogP contribution in [0.2, 0.25) is 10.6 Å². The first kappa shape index (κ1) is 20.8. The Morgan fingerprint density at radius 3 is 1.48 bits per heavy atom. The Balaban J connectivity index is 1.48. The molecule has 0 bridgehead atoms. The maximum atomic E-state index is 6.33. The van der Waals surface area contributed by atoms with E-state index >= 15 is 0 Å². The number of rotatable bonds is 12. The van der Waals surface area contributed by atoms with Crippen molar-refractivity contribution in [2.75, 3.05) is 13.2 Å². The Morgan fingerprint density at radius 2 is 1.08 bits per heavy atom. The average molecular weight is 446 g/mol. The number of halogens is 2. The van der Waals surface area contributed by atoms with E-state index in [9.17, 15) is 0 Å². The van der Waals surface area contributed by atoms with Crippen LogP contribution in [-0.4, -0.2) is 38.9 Å². The van der Waals surface area contributed by atoms with Crippen LogP contribution in [0.1, 0.15) is 11.1 Å². The summed E-state index contributed by atoms with van der Waals surface area (Å²) in [6.07, 6.45) is 0. The van der Waals surface area contributed by atoms with E-state index in [2.05, 4.69) is 24.3 Å². The van der Waals surface area contributed by atoms with Gasteiger partial charge in [0.05, 0.1) is 0 Å². The second-order valence-electron chi connectivity index (χ2n) is 5.73. The molecule has 2 atom stereocenters. The molecular formula is C20H24Cl2O2Se.